The summed E-state index contributed by atoms with van der Waals surface area (Å²) in [6, 6.07) is 92.5. The van der Waals surface area contributed by atoms with Crippen molar-refractivity contribution in [2.45, 2.75) is 0 Å². The van der Waals surface area contributed by atoms with E-state index in [0.29, 0.717) is 0 Å². The second kappa shape index (κ2) is 14.5. The molecule has 0 saturated heterocycles. The van der Waals surface area contributed by atoms with E-state index in [9.17, 15) is 0 Å². The first-order valence-electron chi connectivity index (χ1n) is 22.1. The van der Waals surface area contributed by atoms with Crippen LogP contribution in [0.4, 0.5) is 0 Å². The fourth-order valence-electron chi connectivity index (χ4n) is 10.9. The average molecular weight is 832 g/mol. The van der Waals surface area contributed by atoms with E-state index in [2.05, 4.69) is 262 Å². The molecule has 64 heavy (non-hydrogen) atoms. The van der Waals surface area contributed by atoms with Crippen molar-refractivity contribution >= 4 is 94.2 Å². The van der Waals surface area contributed by atoms with Gasteiger partial charge >= 0.3 is 0 Å². The molecule has 10 aromatic carbocycles. The minimum absolute atomic E-state index is 1.12. The first-order valence-corrected chi connectivity index (χ1v) is 24.1. The summed E-state index contributed by atoms with van der Waals surface area (Å²) in [5.74, 6) is 0. The zero-order valence-electron chi connectivity index (χ0n) is 35.0. The van der Waals surface area contributed by atoms with Crippen molar-refractivity contribution in [3.63, 3.8) is 0 Å². The summed E-state index contributed by atoms with van der Waals surface area (Å²) in [7, 11) is -3.02. The molecule has 0 N–H and O–H groups in total. The molecule has 0 amide bonds. The molecule has 0 fully saturated rings. The average Bonchev–Trinajstić information content (AvgIpc) is 4.01. The summed E-state index contributed by atoms with van der Waals surface area (Å²) in [5.41, 5.74) is 10.6. The van der Waals surface area contributed by atoms with Gasteiger partial charge in [-0.1, -0.05) is 188 Å². The fourth-order valence-corrected chi connectivity index (χ4v) is 15.7. The number of hydrogen-bond donors (Lipinski definition) is 0. The van der Waals surface area contributed by atoms with Gasteiger partial charge in [-0.15, -0.1) is 0 Å². The topological polar surface area (TPSA) is 14.8 Å². The Kier molecular flexibility index (Phi) is 8.23. The quantitative estimate of drug-likeness (QED) is 0.112. The smallest absolute Gasteiger partial charge is 0.179 e. The maximum Gasteiger partial charge on any atom is 0.179 e. The van der Waals surface area contributed by atoms with Gasteiger partial charge in [0.25, 0.3) is 0 Å². The van der Waals surface area contributed by atoms with Crippen molar-refractivity contribution in [2.75, 3.05) is 0 Å². The lowest BCUT2D eigenvalue weighted by atomic mass is 10.1. The van der Waals surface area contributed by atoms with Crippen LogP contribution in [0.5, 0.6) is 0 Å². The van der Waals surface area contributed by atoms with Crippen LogP contribution in [0.2, 0.25) is 0 Å². The van der Waals surface area contributed by atoms with Crippen LogP contribution in [-0.2, 0) is 0 Å². The molecule has 0 radical (unpaired) electrons. The third-order valence-corrected chi connectivity index (χ3v) is 18.3. The first-order chi connectivity index (χ1) is 31.8. The molecule has 0 saturated carbocycles. The van der Waals surface area contributed by atoms with Gasteiger partial charge < -0.3 is 13.7 Å². The van der Waals surface area contributed by atoms with Gasteiger partial charge in [-0.25, -0.2) is 0 Å². The second-order valence-corrected chi connectivity index (χ2v) is 20.7. The highest BCUT2D eigenvalue weighted by Crippen LogP contribution is 2.41. The lowest BCUT2D eigenvalue weighted by Crippen LogP contribution is -2.74. The summed E-state index contributed by atoms with van der Waals surface area (Å²) in [6.45, 7) is 0. The molecule has 13 rings (SSSR count). The molecule has 0 aliphatic heterocycles. The summed E-state index contributed by atoms with van der Waals surface area (Å²) in [5, 5.41) is 12.8. The Hall–Kier alpha value is -8.18. The van der Waals surface area contributed by atoms with Gasteiger partial charge in [0.15, 0.2) is 8.07 Å². The van der Waals surface area contributed by atoms with Gasteiger partial charge in [0.2, 0.25) is 0 Å². The number of hydrogen-bond acceptors (Lipinski definition) is 0. The molecule has 0 spiro atoms. The molecule has 3 nitrogen and oxygen atoms in total. The molecule has 0 aliphatic rings. The Morgan fingerprint density at radius 1 is 0.234 bits per heavy atom. The number of benzene rings is 10. The molecule has 0 aliphatic carbocycles. The van der Waals surface area contributed by atoms with Crippen LogP contribution in [0.3, 0.4) is 0 Å². The van der Waals surface area contributed by atoms with Crippen molar-refractivity contribution in [3.8, 4) is 17.1 Å². The van der Waals surface area contributed by atoms with Crippen molar-refractivity contribution < 1.29 is 0 Å². The zero-order chi connectivity index (χ0) is 42.2. The minimum atomic E-state index is -3.02. The van der Waals surface area contributed by atoms with Crippen LogP contribution in [0.15, 0.2) is 249 Å². The number of rotatable bonds is 7. The van der Waals surface area contributed by atoms with Gasteiger partial charge in [0.05, 0.1) is 38.8 Å². The van der Waals surface area contributed by atoms with Gasteiger partial charge in [-0.05, 0) is 81.4 Å². The Morgan fingerprint density at radius 2 is 0.625 bits per heavy atom. The lowest BCUT2D eigenvalue weighted by molar-refractivity contribution is 1.15. The molecule has 0 unspecified atom stereocenters. The second-order valence-electron chi connectivity index (χ2n) is 16.8. The van der Waals surface area contributed by atoms with Crippen molar-refractivity contribution in [2.24, 2.45) is 0 Å². The number of nitrogens with zero attached hydrogens (tertiary/aromatic N) is 3. The highest BCUT2D eigenvalue weighted by Gasteiger charge is 2.42. The zero-order valence-corrected chi connectivity index (χ0v) is 36.0. The SMILES string of the molecule is c1ccc(-n2c3ccccc3c3ccc(-n4c5ccccc5c5c(-n6c7ccccc7c7ccccc76)cc([Si](c6ccccc6)(c6ccccc6)c6ccccc6)cc54)cc32)cc1. The Morgan fingerprint density at radius 3 is 1.14 bits per heavy atom. The van der Waals surface area contributed by atoms with E-state index in [1.54, 1.807) is 0 Å². The van der Waals surface area contributed by atoms with Crippen LogP contribution in [0.25, 0.3) is 82.5 Å². The van der Waals surface area contributed by atoms with Gasteiger partial charge in [0.1, 0.15) is 0 Å². The van der Waals surface area contributed by atoms with Gasteiger partial charge in [-0.2, -0.15) is 0 Å². The number of aromatic nitrogens is 3. The van der Waals surface area contributed by atoms with E-state index in [1.807, 2.05) is 0 Å². The predicted octanol–water partition coefficient (Wildman–Crippen LogP) is 12.4. The lowest BCUT2D eigenvalue weighted by Gasteiger charge is -2.35. The van der Waals surface area contributed by atoms with E-state index in [-0.39, 0.29) is 0 Å². The monoisotopic (exact) mass is 831 g/mol. The minimum Gasteiger partial charge on any atom is -0.309 e. The third kappa shape index (κ3) is 5.27. The Balaban J connectivity index is 1.24. The van der Waals surface area contributed by atoms with Crippen molar-refractivity contribution in [1.29, 1.82) is 0 Å². The predicted molar refractivity (Wildman–Crippen MR) is 273 cm³/mol. The standard InChI is InChI=1S/C60H41N3Si/c1-5-21-42(22-6-1)61-53-33-17-13-31-50(53)51-38-37-43(39-57(51)61)62-56-36-20-16-32-52(56)60-58(62)40-47(41-59(60)63-54-34-18-14-29-48(54)49-30-15-19-35-55(49)63)64(44-23-7-2-8-24-44,45-25-9-3-10-26-45)46-27-11-4-12-28-46/h1-41H. The van der Waals surface area contributed by atoms with E-state index in [0.717, 1.165) is 11.4 Å². The van der Waals surface area contributed by atoms with Crippen LogP contribution in [0.1, 0.15) is 0 Å². The fraction of sp³-hybridized carbons (Fsp3) is 0. The van der Waals surface area contributed by atoms with Crippen molar-refractivity contribution in [1.82, 2.24) is 13.7 Å². The normalized spacial score (nSPS) is 12.1. The van der Waals surface area contributed by atoms with E-state index in [1.165, 1.54) is 91.9 Å². The highest BCUT2D eigenvalue weighted by molar-refractivity contribution is 7.20. The van der Waals surface area contributed by atoms with Crippen LogP contribution in [-0.4, -0.2) is 21.8 Å². The molecule has 0 atom stereocenters. The maximum absolute atomic E-state index is 3.02. The molecule has 0 bridgehead atoms. The van der Waals surface area contributed by atoms with Gasteiger partial charge in [0, 0.05) is 43.7 Å². The van der Waals surface area contributed by atoms with E-state index in [4.69, 9.17) is 0 Å². The maximum atomic E-state index is 2.56. The van der Waals surface area contributed by atoms with E-state index >= 15 is 0 Å². The molecular weight excluding hydrogens is 791 g/mol. The van der Waals surface area contributed by atoms with Crippen LogP contribution < -0.4 is 20.7 Å². The molecule has 4 heteroatoms. The summed E-state index contributed by atoms with van der Waals surface area (Å²) in [6.07, 6.45) is 0. The molecule has 300 valence electrons. The largest absolute Gasteiger partial charge is 0.309 e. The van der Waals surface area contributed by atoms with E-state index < -0.39 is 8.07 Å². The van der Waals surface area contributed by atoms with Gasteiger partial charge in [-0.3, -0.25) is 0 Å². The summed E-state index contributed by atoms with van der Waals surface area (Å²) in [4.78, 5) is 0. The first kappa shape index (κ1) is 36.5. The van der Waals surface area contributed by atoms with Crippen molar-refractivity contribution in [3.05, 3.63) is 249 Å². The Labute approximate surface area is 372 Å². The summed E-state index contributed by atoms with van der Waals surface area (Å²) >= 11 is 0. The summed E-state index contributed by atoms with van der Waals surface area (Å²) < 4.78 is 7.51. The van der Waals surface area contributed by atoms with Crippen LogP contribution in [0, 0.1) is 0 Å². The number of para-hydroxylation sites is 5. The number of fused-ring (bicyclic) bond motifs is 9. The third-order valence-electron chi connectivity index (χ3n) is 13.6. The highest BCUT2D eigenvalue weighted by atomic mass is 28.3. The molecule has 13 aromatic rings. The molecule has 3 aromatic heterocycles. The van der Waals surface area contributed by atoms with Crippen LogP contribution >= 0.6 is 0 Å². The Bertz CT molecular complexity index is 3730. The molecular formula is C60H41N3Si. The molecule has 3 heterocycles.